The topological polar surface area (TPSA) is 62.3 Å². The highest BCUT2D eigenvalue weighted by atomic mass is 32.1. The van der Waals surface area contributed by atoms with Crippen LogP contribution in [0.1, 0.15) is 11.3 Å². The average molecular weight is 315 g/mol. The second kappa shape index (κ2) is 7.51. The Kier molecular flexibility index (Phi) is 5.43. The lowest BCUT2D eigenvalue weighted by molar-refractivity contribution is -0.129. The Labute approximate surface area is 133 Å². The van der Waals surface area contributed by atoms with E-state index in [4.69, 9.17) is 0 Å². The Morgan fingerprint density at radius 1 is 1.45 bits per heavy atom. The van der Waals surface area contributed by atoms with Crippen molar-refractivity contribution in [2.24, 2.45) is 0 Å². The summed E-state index contributed by atoms with van der Waals surface area (Å²) >= 11 is 1.51. The summed E-state index contributed by atoms with van der Waals surface area (Å²) < 4.78 is 0. The molecule has 22 heavy (non-hydrogen) atoms. The number of thiazole rings is 1. The van der Waals surface area contributed by atoms with Crippen molar-refractivity contribution in [3.8, 4) is 0 Å². The van der Waals surface area contributed by atoms with Crippen molar-refractivity contribution >= 4 is 28.8 Å². The molecule has 0 spiro atoms. The number of hydrogen-bond acceptors (Lipinski definition) is 4. The molecule has 2 amide bonds. The molecule has 0 saturated carbocycles. The lowest BCUT2D eigenvalue weighted by Gasteiger charge is -2.16. The standard InChI is InChI=1S/C16H17N3O2S/c1-3-15(20)18-13-6-4-5-12(7-13)8-16(21)19(2)9-14-10-22-11-17-14/h3-7,10-11H,1,8-9H2,2H3,(H,18,20). The summed E-state index contributed by atoms with van der Waals surface area (Å²) in [5, 5.41) is 4.61. The molecule has 0 aliphatic carbocycles. The van der Waals surface area contributed by atoms with Crippen LogP contribution in [0.25, 0.3) is 0 Å². The van der Waals surface area contributed by atoms with Gasteiger partial charge in [0, 0.05) is 18.1 Å². The Balaban J connectivity index is 1.97. The number of nitrogens with one attached hydrogen (secondary N) is 1. The van der Waals surface area contributed by atoms with E-state index in [0.717, 1.165) is 11.3 Å². The van der Waals surface area contributed by atoms with Crippen molar-refractivity contribution in [1.29, 1.82) is 0 Å². The van der Waals surface area contributed by atoms with Gasteiger partial charge in [-0.2, -0.15) is 0 Å². The van der Waals surface area contributed by atoms with Gasteiger partial charge in [-0.3, -0.25) is 9.59 Å². The van der Waals surface area contributed by atoms with Gasteiger partial charge in [0.2, 0.25) is 11.8 Å². The molecule has 0 saturated heterocycles. The highest BCUT2D eigenvalue weighted by Gasteiger charge is 2.11. The van der Waals surface area contributed by atoms with E-state index in [-0.39, 0.29) is 18.2 Å². The van der Waals surface area contributed by atoms with Gasteiger partial charge in [0.15, 0.2) is 0 Å². The molecule has 0 unspecified atom stereocenters. The second-order valence-electron chi connectivity index (χ2n) is 4.80. The number of carbonyl (C=O) groups is 2. The fourth-order valence-electron chi connectivity index (χ4n) is 1.91. The quantitative estimate of drug-likeness (QED) is 0.833. The molecule has 5 nitrogen and oxygen atoms in total. The van der Waals surface area contributed by atoms with E-state index < -0.39 is 0 Å². The Morgan fingerprint density at radius 2 is 2.27 bits per heavy atom. The summed E-state index contributed by atoms with van der Waals surface area (Å²) in [6.07, 6.45) is 1.48. The van der Waals surface area contributed by atoms with Crippen LogP contribution in [0.5, 0.6) is 0 Å². The maximum absolute atomic E-state index is 12.2. The first-order valence-corrected chi connectivity index (χ1v) is 7.66. The van der Waals surface area contributed by atoms with Crippen LogP contribution in [-0.2, 0) is 22.6 Å². The fourth-order valence-corrected chi connectivity index (χ4v) is 2.46. The zero-order valence-corrected chi connectivity index (χ0v) is 13.1. The number of likely N-dealkylation sites (N-methyl/N-ethyl adjacent to an activating group) is 1. The SMILES string of the molecule is C=CC(=O)Nc1cccc(CC(=O)N(C)Cc2cscn2)c1. The third kappa shape index (κ3) is 4.53. The zero-order chi connectivity index (χ0) is 15.9. The van der Waals surface area contributed by atoms with Crippen molar-refractivity contribution < 1.29 is 9.59 Å². The van der Waals surface area contributed by atoms with Gasteiger partial charge < -0.3 is 10.2 Å². The number of nitrogens with zero attached hydrogens (tertiary/aromatic N) is 2. The third-order valence-corrected chi connectivity index (χ3v) is 3.68. The number of aromatic nitrogens is 1. The van der Waals surface area contributed by atoms with Crippen molar-refractivity contribution in [2.45, 2.75) is 13.0 Å². The minimum atomic E-state index is -0.274. The number of rotatable bonds is 6. The van der Waals surface area contributed by atoms with Crippen molar-refractivity contribution in [3.63, 3.8) is 0 Å². The van der Waals surface area contributed by atoms with E-state index in [0.29, 0.717) is 12.2 Å². The molecule has 0 bridgehead atoms. The van der Waals surface area contributed by atoms with E-state index in [2.05, 4.69) is 16.9 Å². The van der Waals surface area contributed by atoms with Gasteiger partial charge in [-0.25, -0.2) is 4.98 Å². The maximum atomic E-state index is 12.2. The van der Waals surface area contributed by atoms with E-state index in [1.165, 1.54) is 17.4 Å². The molecule has 2 rings (SSSR count). The van der Waals surface area contributed by atoms with Crippen LogP contribution in [0.3, 0.4) is 0 Å². The number of anilines is 1. The average Bonchev–Trinajstić information content (AvgIpc) is 3.00. The molecular weight excluding hydrogens is 298 g/mol. The molecular formula is C16H17N3O2S. The Morgan fingerprint density at radius 3 is 2.95 bits per heavy atom. The normalized spacial score (nSPS) is 10.0. The molecule has 0 aliphatic rings. The van der Waals surface area contributed by atoms with Gasteiger partial charge in [-0.1, -0.05) is 18.7 Å². The van der Waals surface area contributed by atoms with Crippen LogP contribution in [0.15, 0.2) is 47.8 Å². The van der Waals surface area contributed by atoms with Gasteiger partial charge in [-0.05, 0) is 23.8 Å². The first kappa shape index (κ1) is 15.9. The summed E-state index contributed by atoms with van der Waals surface area (Å²) in [4.78, 5) is 29.3. The fraction of sp³-hybridized carbons (Fsp3) is 0.188. The molecule has 2 aromatic rings. The molecule has 0 atom stereocenters. The lowest BCUT2D eigenvalue weighted by atomic mass is 10.1. The Bertz CT molecular complexity index is 668. The second-order valence-corrected chi connectivity index (χ2v) is 5.52. The number of benzene rings is 1. The van der Waals surface area contributed by atoms with Gasteiger partial charge in [-0.15, -0.1) is 11.3 Å². The predicted octanol–water partition coefficient (Wildman–Crippen LogP) is 2.47. The van der Waals surface area contributed by atoms with E-state index in [1.54, 1.807) is 29.6 Å². The first-order chi connectivity index (χ1) is 10.6. The molecule has 1 aromatic heterocycles. The van der Waals surface area contributed by atoms with Gasteiger partial charge in [0.25, 0.3) is 0 Å². The number of carbonyl (C=O) groups excluding carboxylic acids is 2. The minimum absolute atomic E-state index is 0.000183. The summed E-state index contributed by atoms with van der Waals surface area (Å²) in [7, 11) is 1.75. The monoisotopic (exact) mass is 315 g/mol. The number of amides is 2. The van der Waals surface area contributed by atoms with E-state index in [1.807, 2.05) is 17.5 Å². The summed E-state index contributed by atoms with van der Waals surface area (Å²) in [6.45, 7) is 3.90. The van der Waals surface area contributed by atoms with Crippen LogP contribution in [0.2, 0.25) is 0 Å². The highest BCUT2D eigenvalue weighted by Crippen LogP contribution is 2.13. The third-order valence-electron chi connectivity index (χ3n) is 3.04. The van der Waals surface area contributed by atoms with Crippen molar-refractivity contribution in [2.75, 3.05) is 12.4 Å². The summed E-state index contributed by atoms with van der Waals surface area (Å²) in [5.74, 6) is -0.274. The van der Waals surface area contributed by atoms with E-state index >= 15 is 0 Å². The highest BCUT2D eigenvalue weighted by molar-refractivity contribution is 7.07. The molecule has 1 aromatic carbocycles. The smallest absolute Gasteiger partial charge is 0.247 e. The summed E-state index contributed by atoms with van der Waals surface area (Å²) in [6, 6.07) is 7.23. The molecule has 0 aliphatic heterocycles. The molecule has 0 radical (unpaired) electrons. The van der Waals surface area contributed by atoms with Crippen molar-refractivity contribution in [3.05, 3.63) is 59.1 Å². The van der Waals surface area contributed by atoms with Crippen LogP contribution in [-0.4, -0.2) is 28.7 Å². The molecule has 114 valence electrons. The van der Waals surface area contributed by atoms with Crippen molar-refractivity contribution in [1.82, 2.24) is 9.88 Å². The van der Waals surface area contributed by atoms with Crippen LogP contribution in [0.4, 0.5) is 5.69 Å². The molecule has 6 heteroatoms. The van der Waals surface area contributed by atoms with Gasteiger partial charge >= 0.3 is 0 Å². The Hall–Kier alpha value is -2.47. The molecule has 0 fully saturated rings. The molecule has 1 heterocycles. The van der Waals surface area contributed by atoms with Crippen LogP contribution < -0.4 is 5.32 Å². The van der Waals surface area contributed by atoms with Crippen LogP contribution >= 0.6 is 11.3 Å². The lowest BCUT2D eigenvalue weighted by Crippen LogP contribution is -2.27. The minimum Gasteiger partial charge on any atom is -0.340 e. The summed E-state index contributed by atoms with van der Waals surface area (Å²) in [5.41, 5.74) is 4.13. The van der Waals surface area contributed by atoms with Gasteiger partial charge in [0.1, 0.15) is 0 Å². The van der Waals surface area contributed by atoms with Crippen LogP contribution in [0, 0.1) is 0 Å². The predicted molar refractivity (Wildman–Crippen MR) is 87.6 cm³/mol. The van der Waals surface area contributed by atoms with E-state index in [9.17, 15) is 9.59 Å². The molecule has 1 N–H and O–H groups in total. The zero-order valence-electron chi connectivity index (χ0n) is 12.3. The largest absolute Gasteiger partial charge is 0.340 e. The first-order valence-electron chi connectivity index (χ1n) is 6.72. The van der Waals surface area contributed by atoms with Gasteiger partial charge in [0.05, 0.1) is 24.2 Å². The number of hydrogen-bond donors (Lipinski definition) is 1. The maximum Gasteiger partial charge on any atom is 0.247 e.